The quantitative estimate of drug-likeness (QED) is 0.681. The third kappa shape index (κ3) is 6.63. The summed E-state index contributed by atoms with van der Waals surface area (Å²) in [5.41, 5.74) is -0.569. The van der Waals surface area contributed by atoms with E-state index in [1.807, 2.05) is 72.7 Å². The molecule has 2 heterocycles. The fourth-order valence-electron chi connectivity index (χ4n) is 3.76. The molecule has 182 valence electrons. The van der Waals surface area contributed by atoms with Crippen LogP contribution in [-0.4, -0.2) is 66.6 Å². The van der Waals surface area contributed by atoms with E-state index in [9.17, 15) is 9.59 Å². The smallest absolute Gasteiger partial charge is 0.484 e. The van der Waals surface area contributed by atoms with E-state index in [0.717, 1.165) is 18.3 Å². The summed E-state index contributed by atoms with van der Waals surface area (Å²) >= 11 is 0. The normalized spacial score (nSPS) is 22.1. The number of alkyl carbamates (subject to hydrolysis) is 1. The number of benzene rings is 1. The molecule has 3 rings (SSSR count). The van der Waals surface area contributed by atoms with Crippen molar-refractivity contribution in [2.24, 2.45) is 0 Å². The predicted octanol–water partition coefficient (Wildman–Crippen LogP) is 2.88. The number of rotatable bonds is 5. The maximum absolute atomic E-state index is 12.8. The molecule has 0 aromatic heterocycles. The van der Waals surface area contributed by atoms with E-state index in [1.54, 1.807) is 4.90 Å². The summed E-state index contributed by atoms with van der Waals surface area (Å²) in [6.07, 6.45) is 1.15. The molecule has 2 saturated heterocycles. The van der Waals surface area contributed by atoms with Crippen LogP contribution in [0.4, 0.5) is 4.79 Å². The van der Waals surface area contributed by atoms with Crippen LogP contribution >= 0.6 is 0 Å². The lowest BCUT2D eigenvalue weighted by Gasteiger charge is -2.33. The van der Waals surface area contributed by atoms with Gasteiger partial charge in [-0.1, -0.05) is 12.1 Å². The van der Waals surface area contributed by atoms with Crippen molar-refractivity contribution in [3.05, 3.63) is 24.3 Å². The maximum atomic E-state index is 12.8. The van der Waals surface area contributed by atoms with Crippen molar-refractivity contribution in [1.29, 1.82) is 0 Å². The summed E-state index contributed by atoms with van der Waals surface area (Å²) in [6.45, 7) is 14.5. The number of amides is 2. The van der Waals surface area contributed by atoms with Gasteiger partial charge in [-0.2, -0.15) is 0 Å². The van der Waals surface area contributed by atoms with Gasteiger partial charge >= 0.3 is 13.2 Å². The van der Waals surface area contributed by atoms with E-state index in [-0.39, 0.29) is 18.6 Å². The van der Waals surface area contributed by atoms with E-state index in [0.29, 0.717) is 18.8 Å². The first-order valence-corrected chi connectivity index (χ1v) is 11.6. The molecular formula is C24H37BN2O6. The Morgan fingerprint density at radius 1 is 1.18 bits per heavy atom. The molecule has 1 unspecified atom stereocenters. The van der Waals surface area contributed by atoms with Crippen LogP contribution in [0.5, 0.6) is 5.75 Å². The molecule has 0 radical (unpaired) electrons. The number of hydrogen-bond acceptors (Lipinski definition) is 6. The first kappa shape index (κ1) is 25.4. The Morgan fingerprint density at radius 3 is 2.48 bits per heavy atom. The molecule has 1 aromatic carbocycles. The van der Waals surface area contributed by atoms with Gasteiger partial charge in [-0.25, -0.2) is 4.79 Å². The highest BCUT2D eigenvalue weighted by Gasteiger charge is 2.51. The molecule has 0 saturated carbocycles. The first-order valence-electron chi connectivity index (χ1n) is 11.6. The van der Waals surface area contributed by atoms with Crippen molar-refractivity contribution < 1.29 is 28.4 Å². The molecular weight excluding hydrogens is 423 g/mol. The fraction of sp³-hybridized carbons (Fsp3) is 0.667. The highest BCUT2D eigenvalue weighted by atomic mass is 16.7. The minimum absolute atomic E-state index is 0.0774. The molecule has 2 aliphatic heterocycles. The van der Waals surface area contributed by atoms with Gasteiger partial charge in [0.05, 0.1) is 11.2 Å². The van der Waals surface area contributed by atoms with Crippen LogP contribution in [0.25, 0.3) is 0 Å². The summed E-state index contributed by atoms with van der Waals surface area (Å²) in [5.74, 6) is 0.461. The average molecular weight is 460 g/mol. The Morgan fingerprint density at radius 2 is 1.85 bits per heavy atom. The van der Waals surface area contributed by atoms with Crippen LogP contribution in [0.2, 0.25) is 0 Å². The van der Waals surface area contributed by atoms with Crippen LogP contribution in [0, 0.1) is 0 Å². The maximum Gasteiger partial charge on any atom is 0.494 e. The number of hydrogen-bond donors (Lipinski definition) is 1. The van der Waals surface area contributed by atoms with Gasteiger partial charge in [0.25, 0.3) is 5.91 Å². The van der Waals surface area contributed by atoms with Gasteiger partial charge in [0.15, 0.2) is 6.61 Å². The number of carbonyl (C=O) groups excluding carboxylic acids is 2. The van der Waals surface area contributed by atoms with Gasteiger partial charge in [-0.3, -0.25) is 4.79 Å². The fourth-order valence-corrected chi connectivity index (χ4v) is 3.76. The second-order valence-electron chi connectivity index (χ2n) is 10.8. The molecule has 1 aromatic rings. The molecule has 1 N–H and O–H groups in total. The van der Waals surface area contributed by atoms with E-state index in [2.05, 4.69) is 5.32 Å². The molecule has 0 aliphatic carbocycles. The molecule has 0 bridgehead atoms. The Kier molecular flexibility index (Phi) is 7.34. The van der Waals surface area contributed by atoms with Crippen molar-refractivity contribution in [2.45, 2.75) is 84.2 Å². The Balaban J connectivity index is 1.52. The lowest BCUT2D eigenvalue weighted by atomic mass is 9.79. The summed E-state index contributed by atoms with van der Waals surface area (Å²) < 4.78 is 23.3. The molecule has 2 aliphatic rings. The standard InChI is InChI=1S/C24H37BN2O6/c1-22(2,3)31-21(29)26-18-11-9-13-27(15-18)20(28)16-30-19-12-8-10-17(14-19)25-32-23(4,5)24(6,7)33-25/h8,10,12,14,18H,9,11,13,15-16H2,1-7H3,(H,26,29). The number of nitrogens with zero attached hydrogens (tertiary/aromatic N) is 1. The monoisotopic (exact) mass is 460 g/mol. The topological polar surface area (TPSA) is 86.3 Å². The highest BCUT2D eigenvalue weighted by molar-refractivity contribution is 6.62. The lowest BCUT2D eigenvalue weighted by Crippen LogP contribution is -2.51. The zero-order chi connectivity index (χ0) is 24.4. The molecule has 33 heavy (non-hydrogen) atoms. The lowest BCUT2D eigenvalue weighted by molar-refractivity contribution is -0.134. The van der Waals surface area contributed by atoms with Crippen LogP contribution in [0.3, 0.4) is 0 Å². The van der Waals surface area contributed by atoms with E-state index in [1.165, 1.54) is 0 Å². The van der Waals surface area contributed by atoms with Crippen LogP contribution in [0.15, 0.2) is 24.3 Å². The number of carbonyl (C=O) groups is 2. The Hall–Kier alpha value is -2.26. The van der Waals surface area contributed by atoms with Gasteiger partial charge in [0, 0.05) is 19.1 Å². The van der Waals surface area contributed by atoms with Crippen molar-refractivity contribution >= 4 is 24.6 Å². The van der Waals surface area contributed by atoms with Crippen molar-refractivity contribution in [1.82, 2.24) is 10.2 Å². The molecule has 2 amide bonds. The van der Waals surface area contributed by atoms with Gasteiger partial charge in [0.1, 0.15) is 11.4 Å². The second kappa shape index (κ2) is 9.54. The molecule has 0 spiro atoms. The summed E-state index contributed by atoms with van der Waals surface area (Å²) in [5, 5.41) is 2.86. The summed E-state index contributed by atoms with van der Waals surface area (Å²) in [4.78, 5) is 26.5. The van der Waals surface area contributed by atoms with Gasteiger partial charge in [0.2, 0.25) is 0 Å². The van der Waals surface area contributed by atoms with Crippen molar-refractivity contribution in [2.75, 3.05) is 19.7 Å². The van der Waals surface area contributed by atoms with Crippen LogP contribution in [-0.2, 0) is 18.8 Å². The minimum Gasteiger partial charge on any atom is -0.484 e. The van der Waals surface area contributed by atoms with E-state index in [4.69, 9.17) is 18.8 Å². The average Bonchev–Trinajstić information content (AvgIpc) is 2.92. The second-order valence-corrected chi connectivity index (χ2v) is 10.8. The predicted molar refractivity (Wildman–Crippen MR) is 127 cm³/mol. The Labute approximate surface area is 197 Å². The van der Waals surface area contributed by atoms with E-state index >= 15 is 0 Å². The van der Waals surface area contributed by atoms with Crippen LogP contribution < -0.4 is 15.5 Å². The molecule has 9 heteroatoms. The zero-order valence-corrected chi connectivity index (χ0v) is 20.9. The Bertz CT molecular complexity index is 851. The third-order valence-electron chi connectivity index (χ3n) is 6.24. The SMILES string of the molecule is CC(C)(C)OC(=O)NC1CCCN(C(=O)COc2cccc(B3OC(C)(C)C(C)(C)O3)c2)C1. The summed E-state index contributed by atoms with van der Waals surface area (Å²) in [6, 6.07) is 7.31. The molecule has 1 atom stereocenters. The molecule has 8 nitrogen and oxygen atoms in total. The summed E-state index contributed by atoms with van der Waals surface area (Å²) in [7, 11) is -0.490. The number of nitrogens with one attached hydrogen (secondary N) is 1. The van der Waals surface area contributed by atoms with Crippen molar-refractivity contribution in [3.8, 4) is 5.75 Å². The van der Waals surface area contributed by atoms with Gasteiger partial charge in [-0.15, -0.1) is 0 Å². The largest absolute Gasteiger partial charge is 0.494 e. The highest BCUT2D eigenvalue weighted by Crippen LogP contribution is 2.36. The van der Waals surface area contributed by atoms with Gasteiger partial charge in [-0.05, 0) is 78.9 Å². The van der Waals surface area contributed by atoms with Crippen molar-refractivity contribution in [3.63, 3.8) is 0 Å². The first-order chi connectivity index (χ1) is 15.3. The van der Waals surface area contributed by atoms with Crippen LogP contribution in [0.1, 0.15) is 61.3 Å². The third-order valence-corrected chi connectivity index (χ3v) is 6.24. The minimum atomic E-state index is -0.559. The zero-order valence-electron chi connectivity index (χ0n) is 20.9. The number of ether oxygens (including phenoxy) is 2. The van der Waals surface area contributed by atoms with Gasteiger partial charge < -0.3 is 29.0 Å². The molecule has 2 fully saturated rings. The van der Waals surface area contributed by atoms with E-state index < -0.39 is 30.0 Å². The number of likely N-dealkylation sites (tertiary alicyclic amines) is 1. The number of piperidine rings is 1.